The van der Waals surface area contributed by atoms with Crippen molar-refractivity contribution in [3.05, 3.63) is 11.8 Å². The molecule has 0 aromatic rings. The van der Waals surface area contributed by atoms with Gasteiger partial charge in [0.1, 0.15) is 5.60 Å². The van der Waals surface area contributed by atoms with Gasteiger partial charge in [-0.05, 0) is 45.1 Å². The van der Waals surface area contributed by atoms with Crippen LogP contribution < -0.4 is 0 Å². The quantitative estimate of drug-likeness (QED) is 0.568. The Morgan fingerprint density at radius 2 is 2.14 bits per heavy atom. The molecule has 0 aromatic heterocycles. The van der Waals surface area contributed by atoms with E-state index in [1.807, 2.05) is 0 Å². The van der Waals surface area contributed by atoms with Gasteiger partial charge in [-0.25, -0.2) is 0 Å². The first-order valence-electron chi connectivity index (χ1n) is 5.84. The molecule has 2 aliphatic rings. The van der Waals surface area contributed by atoms with Crippen LogP contribution in [0.25, 0.3) is 0 Å². The topological polar surface area (TPSA) is 9.23 Å². The minimum absolute atomic E-state index is 0.0735. The lowest BCUT2D eigenvalue weighted by Gasteiger charge is -2.55. The van der Waals surface area contributed by atoms with Crippen LogP contribution >= 0.6 is 0 Å². The largest absolute Gasteiger partial charge is 0.492 e. The lowest BCUT2D eigenvalue weighted by molar-refractivity contribution is -0.154. The van der Waals surface area contributed by atoms with Crippen molar-refractivity contribution in [3.8, 4) is 0 Å². The predicted octanol–water partition coefficient (Wildman–Crippen LogP) is 3.90. The van der Waals surface area contributed by atoms with Crippen LogP contribution in [0.5, 0.6) is 0 Å². The predicted molar refractivity (Wildman–Crippen MR) is 59.0 cm³/mol. The lowest BCUT2D eigenvalue weighted by Crippen LogP contribution is -2.54. The van der Waals surface area contributed by atoms with Gasteiger partial charge in [-0.1, -0.05) is 20.3 Å². The van der Waals surface area contributed by atoms with E-state index in [9.17, 15) is 0 Å². The van der Waals surface area contributed by atoms with Crippen LogP contribution in [-0.2, 0) is 4.74 Å². The summed E-state index contributed by atoms with van der Waals surface area (Å²) in [5.41, 5.74) is 0.439. The Kier molecular flexibility index (Phi) is 2.17. The molecule has 0 N–H and O–H groups in total. The van der Waals surface area contributed by atoms with Gasteiger partial charge in [0.05, 0.1) is 5.76 Å². The number of allylic oxidation sites excluding steroid dienone is 2. The molecule has 14 heavy (non-hydrogen) atoms. The van der Waals surface area contributed by atoms with E-state index in [-0.39, 0.29) is 5.60 Å². The number of ether oxygens (including phenoxy) is 1. The van der Waals surface area contributed by atoms with E-state index < -0.39 is 0 Å². The second kappa shape index (κ2) is 3.01. The van der Waals surface area contributed by atoms with E-state index in [1.165, 1.54) is 25.7 Å². The average Bonchev–Trinajstić information content (AvgIpc) is 2.11. The summed E-state index contributed by atoms with van der Waals surface area (Å²) in [7, 11) is 0. The molecule has 0 saturated heterocycles. The minimum Gasteiger partial charge on any atom is -0.492 e. The van der Waals surface area contributed by atoms with Gasteiger partial charge >= 0.3 is 0 Å². The zero-order valence-electron chi connectivity index (χ0n) is 9.89. The van der Waals surface area contributed by atoms with Crippen molar-refractivity contribution in [3.63, 3.8) is 0 Å². The van der Waals surface area contributed by atoms with Gasteiger partial charge in [-0.3, -0.25) is 0 Å². The molecule has 0 spiro atoms. The fraction of sp³-hybridized carbons (Fsp3) is 0.846. The summed E-state index contributed by atoms with van der Waals surface area (Å²) in [5, 5.41) is 0. The van der Waals surface area contributed by atoms with E-state index in [2.05, 4.69) is 33.8 Å². The van der Waals surface area contributed by atoms with Crippen LogP contribution in [0.4, 0.5) is 0 Å². The lowest BCUT2D eigenvalue weighted by atomic mass is 9.58. The maximum atomic E-state index is 6.15. The van der Waals surface area contributed by atoms with E-state index in [0.717, 1.165) is 5.76 Å². The van der Waals surface area contributed by atoms with Crippen molar-refractivity contribution >= 4 is 0 Å². The molecular formula is C13H22O. The van der Waals surface area contributed by atoms with E-state index >= 15 is 0 Å². The number of rotatable bonds is 0. The van der Waals surface area contributed by atoms with Crippen molar-refractivity contribution in [2.45, 2.75) is 59.0 Å². The van der Waals surface area contributed by atoms with Crippen LogP contribution in [0.3, 0.4) is 0 Å². The molecule has 1 saturated carbocycles. The van der Waals surface area contributed by atoms with Crippen LogP contribution in [0.1, 0.15) is 53.4 Å². The Balaban J connectivity index is 2.36. The molecule has 1 nitrogen and oxygen atoms in total. The van der Waals surface area contributed by atoms with Gasteiger partial charge in [0.25, 0.3) is 0 Å². The Morgan fingerprint density at radius 3 is 2.86 bits per heavy atom. The Hall–Kier alpha value is -0.460. The SMILES string of the molecule is CC1=CCC2(C)CCCC(C)C2(C)O1. The van der Waals surface area contributed by atoms with Crippen LogP contribution in [0, 0.1) is 11.3 Å². The monoisotopic (exact) mass is 194 g/mol. The first-order valence-corrected chi connectivity index (χ1v) is 5.84. The third-order valence-corrected chi connectivity index (χ3v) is 4.72. The minimum atomic E-state index is 0.0735. The second-order valence-electron chi connectivity index (χ2n) is 5.58. The van der Waals surface area contributed by atoms with Crippen molar-refractivity contribution in [2.75, 3.05) is 0 Å². The van der Waals surface area contributed by atoms with E-state index in [1.54, 1.807) is 0 Å². The highest BCUT2D eigenvalue weighted by Gasteiger charge is 2.53. The summed E-state index contributed by atoms with van der Waals surface area (Å²) in [6.45, 7) is 9.14. The van der Waals surface area contributed by atoms with Gasteiger partial charge in [-0.15, -0.1) is 0 Å². The molecule has 0 aromatic carbocycles. The number of hydrogen-bond acceptors (Lipinski definition) is 1. The van der Waals surface area contributed by atoms with Gasteiger partial charge in [-0.2, -0.15) is 0 Å². The van der Waals surface area contributed by atoms with Gasteiger partial charge in [0.2, 0.25) is 0 Å². The van der Waals surface area contributed by atoms with Crippen molar-refractivity contribution < 1.29 is 4.74 Å². The normalized spacial score (nSPS) is 47.7. The molecule has 1 heterocycles. The summed E-state index contributed by atoms with van der Waals surface area (Å²) in [6, 6.07) is 0. The molecule has 80 valence electrons. The van der Waals surface area contributed by atoms with Crippen molar-refractivity contribution in [1.29, 1.82) is 0 Å². The zero-order chi connectivity index (χ0) is 10.4. The fourth-order valence-corrected chi connectivity index (χ4v) is 3.19. The maximum Gasteiger partial charge on any atom is 0.114 e. The standard InChI is InChI=1S/C13H22O/c1-10-6-5-8-12(3)9-7-11(2)14-13(10,12)4/h7,10H,5-6,8-9H2,1-4H3. The van der Waals surface area contributed by atoms with E-state index in [4.69, 9.17) is 4.74 Å². The summed E-state index contributed by atoms with van der Waals surface area (Å²) in [4.78, 5) is 0. The molecule has 1 aliphatic heterocycles. The molecule has 1 heteroatoms. The first-order chi connectivity index (χ1) is 6.48. The van der Waals surface area contributed by atoms with Gasteiger partial charge < -0.3 is 4.74 Å². The van der Waals surface area contributed by atoms with Crippen molar-refractivity contribution in [2.24, 2.45) is 11.3 Å². The summed E-state index contributed by atoms with van der Waals surface area (Å²) in [5.74, 6) is 1.81. The second-order valence-corrected chi connectivity index (χ2v) is 5.58. The maximum absolute atomic E-state index is 6.15. The third kappa shape index (κ3) is 1.21. The van der Waals surface area contributed by atoms with Gasteiger partial charge in [0.15, 0.2) is 0 Å². The molecule has 1 aliphatic carbocycles. The Morgan fingerprint density at radius 1 is 1.43 bits per heavy atom. The summed E-state index contributed by atoms with van der Waals surface area (Å²) in [6.07, 6.45) is 7.46. The van der Waals surface area contributed by atoms with Crippen LogP contribution in [0.15, 0.2) is 11.8 Å². The molecule has 1 fully saturated rings. The summed E-state index contributed by atoms with van der Waals surface area (Å²) < 4.78 is 6.15. The average molecular weight is 194 g/mol. The first kappa shape index (κ1) is 10.1. The zero-order valence-corrected chi connectivity index (χ0v) is 9.89. The van der Waals surface area contributed by atoms with Crippen molar-refractivity contribution in [1.82, 2.24) is 0 Å². The molecule has 3 unspecified atom stereocenters. The Labute approximate surface area is 87.5 Å². The third-order valence-electron chi connectivity index (χ3n) is 4.72. The molecule has 2 rings (SSSR count). The molecule has 0 radical (unpaired) electrons. The van der Waals surface area contributed by atoms with Crippen LogP contribution in [0.2, 0.25) is 0 Å². The molecular weight excluding hydrogens is 172 g/mol. The summed E-state index contributed by atoms with van der Waals surface area (Å²) >= 11 is 0. The molecule has 0 bridgehead atoms. The number of fused-ring (bicyclic) bond motifs is 1. The van der Waals surface area contributed by atoms with E-state index in [0.29, 0.717) is 11.3 Å². The fourth-order valence-electron chi connectivity index (χ4n) is 3.19. The highest BCUT2D eigenvalue weighted by Crippen LogP contribution is 2.54. The molecule has 3 atom stereocenters. The smallest absolute Gasteiger partial charge is 0.114 e. The number of hydrogen-bond donors (Lipinski definition) is 0. The van der Waals surface area contributed by atoms with Crippen LogP contribution in [-0.4, -0.2) is 5.60 Å². The highest BCUT2D eigenvalue weighted by molar-refractivity contribution is 5.11. The van der Waals surface area contributed by atoms with Gasteiger partial charge in [0, 0.05) is 5.41 Å². The molecule has 0 amide bonds. The Bertz CT molecular complexity index is 268. The highest BCUT2D eigenvalue weighted by atomic mass is 16.5.